The van der Waals surface area contributed by atoms with Crippen molar-refractivity contribution in [2.75, 3.05) is 6.61 Å². The van der Waals surface area contributed by atoms with Crippen LogP contribution in [0.3, 0.4) is 0 Å². The largest absolute Gasteiger partial charge is 0.394 e. The Morgan fingerprint density at radius 1 is 1.53 bits per heavy atom. The minimum atomic E-state index is -0.550. The van der Waals surface area contributed by atoms with Gasteiger partial charge in [0.05, 0.1) is 24.2 Å². The van der Waals surface area contributed by atoms with Gasteiger partial charge in [0.15, 0.2) is 0 Å². The molecule has 0 bridgehead atoms. The average molecular weight is 209 g/mol. The van der Waals surface area contributed by atoms with Gasteiger partial charge in [-0.3, -0.25) is 0 Å². The summed E-state index contributed by atoms with van der Waals surface area (Å²) in [6.45, 7) is 2.51. The molecule has 0 amide bonds. The highest BCUT2D eigenvalue weighted by Crippen LogP contribution is 2.20. The first-order chi connectivity index (χ1) is 7.12. The number of nitrogens with two attached hydrogens (primary N) is 1. The van der Waals surface area contributed by atoms with Crippen molar-refractivity contribution in [2.45, 2.75) is 44.7 Å². The van der Waals surface area contributed by atoms with Gasteiger partial charge in [0.2, 0.25) is 0 Å². The fraction of sp³-hybridized carbons (Fsp3) is 0.727. The summed E-state index contributed by atoms with van der Waals surface area (Å²) in [5, 5.41) is 9.14. The molecule has 2 rings (SSSR count). The second kappa shape index (κ2) is 3.94. The Balaban J connectivity index is 2.19. The molecular formula is C11H19N3O. The first-order valence-electron chi connectivity index (χ1n) is 5.55. The Hall–Kier alpha value is -0.870. The van der Waals surface area contributed by atoms with Crippen molar-refractivity contribution in [1.82, 2.24) is 9.55 Å². The van der Waals surface area contributed by atoms with Gasteiger partial charge in [0, 0.05) is 12.2 Å². The van der Waals surface area contributed by atoms with Crippen LogP contribution in [0.5, 0.6) is 0 Å². The van der Waals surface area contributed by atoms with Crippen LogP contribution in [0.25, 0.3) is 0 Å². The van der Waals surface area contributed by atoms with Crippen molar-refractivity contribution in [3.8, 4) is 0 Å². The van der Waals surface area contributed by atoms with Crippen molar-refractivity contribution < 1.29 is 5.11 Å². The van der Waals surface area contributed by atoms with Gasteiger partial charge in [0.25, 0.3) is 0 Å². The Morgan fingerprint density at radius 2 is 2.27 bits per heavy atom. The molecule has 1 atom stereocenters. The van der Waals surface area contributed by atoms with E-state index in [4.69, 9.17) is 10.8 Å². The third kappa shape index (κ3) is 2.21. The normalized spacial score (nSPS) is 19.7. The van der Waals surface area contributed by atoms with E-state index in [9.17, 15) is 0 Å². The van der Waals surface area contributed by atoms with Crippen molar-refractivity contribution in [1.29, 1.82) is 0 Å². The van der Waals surface area contributed by atoms with Crippen molar-refractivity contribution in [3.05, 3.63) is 17.7 Å². The minimum Gasteiger partial charge on any atom is -0.394 e. The molecule has 4 nitrogen and oxygen atoms in total. The molecule has 1 aliphatic rings. The summed E-state index contributed by atoms with van der Waals surface area (Å²) in [5.74, 6) is 0. The molecule has 1 aromatic heterocycles. The molecule has 3 N–H and O–H groups in total. The monoisotopic (exact) mass is 209 g/mol. The smallest absolute Gasteiger partial charge is 0.0952 e. The van der Waals surface area contributed by atoms with Crippen LogP contribution in [0, 0.1) is 0 Å². The first-order valence-corrected chi connectivity index (χ1v) is 5.55. The second-order valence-corrected chi connectivity index (χ2v) is 4.79. The van der Waals surface area contributed by atoms with Crippen LogP contribution in [-0.4, -0.2) is 26.8 Å². The highest BCUT2D eigenvalue weighted by molar-refractivity contribution is 5.16. The molecule has 0 saturated carbocycles. The van der Waals surface area contributed by atoms with Crippen LogP contribution >= 0.6 is 0 Å². The first kappa shape index (κ1) is 10.6. The zero-order valence-electron chi connectivity index (χ0n) is 9.24. The number of fused-ring (bicyclic) bond motifs is 1. The van der Waals surface area contributed by atoms with Gasteiger partial charge in [-0.2, -0.15) is 0 Å². The number of aliphatic hydroxyl groups is 1. The third-order valence-corrected chi connectivity index (χ3v) is 3.00. The maximum Gasteiger partial charge on any atom is 0.0952 e. The summed E-state index contributed by atoms with van der Waals surface area (Å²) in [7, 11) is 0. The summed E-state index contributed by atoms with van der Waals surface area (Å²) in [6.07, 6.45) is 6.51. The lowest BCUT2D eigenvalue weighted by atomic mass is 10.00. The number of hydrogen-bond donors (Lipinski definition) is 2. The highest BCUT2D eigenvalue weighted by atomic mass is 16.3. The molecule has 1 unspecified atom stereocenters. The van der Waals surface area contributed by atoms with Gasteiger partial charge < -0.3 is 15.4 Å². The molecule has 0 aliphatic heterocycles. The summed E-state index contributed by atoms with van der Waals surface area (Å²) in [4.78, 5) is 4.40. The molecule has 1 heterocycles. The summed E-state index contributed by atoms with van der Waals surface area (Å²) in [6, 6.07) is 0. The quantitative estimate of drug-likeness (QED) is 0.760. The van der Waals surface area contributed by atoms with Crippen LogP contribution in [-0.2, 0) is 19.4 Å². The molecule has 1 aliphatic carbocycles. The lowest BCUT2D eigenvalue weighted by Crippen LogP contribution is -2.44. The number of rotatable bonds is 3. The molecule has 15 heavy (non-hydrogen) atoms. The Morgan fingerprint density at radius 3 is 3.00 bits per heavy atom. The molecule has 0 radical (unpaired) electrons. The van der Waals surface area contributed by atoms with Crippen LogP contribution in [0.15, 0.2) is 6.33 Å². The lowest BCUT2D eigenvalue weighted by Gasteiger charge is -2.24. The molecule has 0 aromatic carbocycles. The van der Waals surface area contributed by atoms with E-state index >= 15 is 0 Å². The zero-order valence-corrected chi connectivity index (χ0v) is 9.24. The van der Waals surface area contributed by atoms with E-state index in [1.807, 2.05) is 13.3 Å². The minimum absolute atomic E-state index is 0.0000463. The van der Waals surface area contributed by atoms with Crippen molar-refractivity contribution in [3.63, 3.8) is 0 Å². The number of aliphatic hydroxyl groups excluding tert-OH is 1. The molecule has 0 saturated heterocycles. The van der Waals surface area contributed by atoms with Gasteiger partial charge in [0.1, 0.15) is 0 Å². The number of imidazole rings is 1. The fourth-order valence-corrected chi connectivity index (χ4v) is 2.11. The van der Waals surface area contributed by atoms with Gasteiger partial charge in [-0.05, 0) is 32.6 Å². The standard InChI is InChI=1S/C11H19N3O/c1-11(12,7-15)6-14-8-13-9-4-2-3-5-10(9)14/h8,15H,2-7,12H2,1H3. The van der Waals surface area contributed by atoms with E-state index < -0.39 is 5.54 Å². The lowest BCUT2D eigenvalue weighted by molar-refractivity contribution is 0.191. The predicted octanol–water partition coefficient (Wildman–Crippen LogP) is 0.472. The van der Waals surface area contributed by atoms with Crippen LogP contribution < -0.4 is 5.73 Å². The number of aromatic nitrogens is 2. The van der Waals surface area contributed by atoms with Crippen molar-refractivity contribution >= 4 is 0 Å². The predicted molar refractivity (Wildman–Crippen MR) is 58.5 cm³/mol. The number of nitrogens with zero attached hydrogens (tertiary/aromatic N) is 2. The summed E-state index contributed by atoms with van der Waals surface area (Å²) in [5.41, 5.74) is 7.92. The van der Waals surface area contributed by atoms with Crippen molar-refractivity contribution in [2.24, 2.45) is 5.73 Å². The second-order valence-electron chi connectivity index (χ2n) is 4.79. The van der Waals surface area contributed by atoms with Gasteiger partial charge in [-0.1, -0.05) is 0 Å². The SMILES string of the molecule is CC(N)(CO)Cn1cnc2c1CCCC2. The Labute approximate surface area is 90.1 Å². The van der Waals surface area contributed by atoms with E-state index in [0.717, 1.165) is 12.8 Å². The summed E-state index contributed by atoms with van der Waals surface area (Å²) < 4.78 is 2.10. The molecule has 0 spiro atoms. The van der Waals surface area contributed by atoms with E-state index in [1.54, 1.807) is 0 Å². The molecule has 4 heteroatoms. The topological polar surface area (TPSA) is 64.1 Å². The van der Waals surface area contributed by atoms with E-state index in [0.29, 0.717) is 6.54 Å². The molecule has 1 aromatic rings. The number of hydrogen-bond acceptors (Lipinski definition) is 3. The Kier molecular flexibility index (Phi) is 2.80. The molecule has 84 valence electrons. The molecular weight excluding hydrogens is 190 g/mol. The van der Waals surface area contributed by atoms with Gasteiger partial charge in [-0.25, -0.2) is 4.98 Å². The third-order valence-electron chi connectivity index (χ3n) is 3.00. The average Bonchev–Trinajstić information content (AvgIpc) is 2.62. The van der Waals surface area contributed by atoms with Crippen LogP contribution in [0.2, 0.25) is 0 Å². The highest BCUT2D eigenvalue weighted by Gasteiger charge is 2.22. The van der Waals surface area contributed by atoms with Gasteiger partial charge >= 0.3 is 0 Å². The maximum absolute atomic E-state index is 9.14. The molecule has 0 fully saturated rings. The fourth-order valence-electron chi connectivity index (χ4n) is 2.11. The van der Waals surface area contributed by atoms with Gasteiger partial charge in [-0.15, -0.1) is 0 Å². The Bertz CT molecular complexity index is 344. The van der Waals surface area contributed by atoms with E-state index in [-0.39, 0.29) is 6.61 Å². The maximum atomic E-state index is 9.14. The van der Waals surface area contributed by atoms with E-state index in [2.05, 4.69) is 9.55 Å². The summed E-state index contributed by atoms with van der Waals surface area (Å²) >= 11 is 0. The zero-order chi connectivity index (χ0) is 10.9. The van der Waals surface area contributed by atoms with Crippen LogP contribution in [0.4, 0.5) is 0 Å². The van der Waals surface area contributed by atoms with Crippen LogP contribution in [0.1, 0.15) is 31.2 Å². The number of aryl methyl sites for hydroxylation is 1. The van der Waals surface area contributed by atoms with E-state index in [1.165, 1.54) is 24.2 Å².